The molecule has 0 aliphatic carbocycles. The van der Waals surface area contributed by atoms with Gasteiger partial charge >= 0.3 is 12.1 Å². The number of hydrogen-bond donors (Lipinski definition) is 1. The molecule has 1 N–H and O–H groups in total. The fraction of sp³-hybridized carbons (Fsp3) is 0.0909. The van der Waals surface area contributed by atoms with Gasteiger partial charge in [0.2, 0.25) is 0 Å². The maximum atomic E-state index is 12.3. The van der Waals surface area contributed by atoms with E-state index in [1.54, 1.807) is 12.1 Å². The molecule has 11 heteroatoms. The van der Waals surface area contributed by atoms with Gasteiger partial charge in [0.05, 0.1) is 26.5 Å². The summed E-state index contributed by atoms with van der Waals surface area (Å²) in [5.74, 6) is -0.745. The molecular formula is C22H17N3O8. The van der Waals surface area contributed by atoms with Crippen molar-refractivity contribution in [1.82, 2.24) is 0 Å². The molecule has 3 aromatic rings. The first kappa shape index (κ1) is 22.9. The highest BCUT2D eigenvalue weighted by Gasteiger charge is 2.17. The number of nitrogens with zero attached hydrogens (tertiary/aromatic N) is 2. The van der Waals surface area contributed by atoms with Gasteiger partial charge in [-0.05, 0) is 30.3 Å². The molecule has 0 aliphatic heterocycles. The van der Waals surface area contributed by atoms with Crippen molar-refractivity contribution in [2.75, 3.05) is 5.32 Å². The summed E-state index contributed by atoms with van der Waals surface area (Å²) in [6.45, 7) is -0.619. The van der Waals surface area contributed by atoms with E-state index >= 15 is 0 Å². The van der Waals surface area contributed by atoms with Gasteiger partial charge in [-0.15, -0.1) is 0 Å². The highest BCUT2D eigenvalue weighted by Crippen LogP contribution is 2.21. The first-order valence-electron chi connectivity index (χ1n) is 9.50. The van der Waals surface area contributed by atoms with Gasteiger partial charge in [-0.1, -0.05) is 30.3 Å². The fourth-order valence-electron chi connectivity index (χ4n) is 2.87. The van der Waals surface area contributed by atoms with E-state index in [1.165, 1.54) is 60.7 Å². The lowest BCUT2D eigenvalue weighted by atomic mass is 10.2. The maximum absolute atomic E-state index is 12.3. The molecule has 0 heterocycles. The number of amides is 1. The van der Waals surface area contributed by atoms with E-state index in [0.29, 0.717) is 0 Å². The van der Waals surface area contributed by atoms with Crippen LogP contribution in [0.5, 0.6) is 0 Å². The Labute approximate surface area is 186 Å². The molecule has 0 aliphatic rings. The van der Waals surface area contributed by atoms with Crippen LogP contribution < -0.4 is 5.32 Å². The van der Waals surface area contributed by atoms with E-state index in [2.05, 4.69) is 5.32 Å². The van der Waals surface area contributed by atoms with E-state index in [9.17, 15) is 29.8 Å². The molecule has 11 nitrogen and oxygen atoms in total. The Morgan fingerprint density at radius 1 is 0.758 bits per heavy atom. The number of esters is 1. The number of benzene rings is 3. The number of hydrogen-bond acceptors (Lipinski definition) is 8. The Bertz CT molecular complexity index is 1210. The second-order valence-corrected chi connectivity index (χ2v) is 6.63. The Morgan fingerprint density at radius 2 is 1.30 bits per heavy atom. The van der Waals surface area contributed by atoms with Crippen LogP contribution in [-0.2, 0) is 22.7 Å². The molecule has 3 aromatic carbocycles. The van der Waals surface area contributed by atoms with Crippen LogP contribution in [0.4, 0.5) is 21.9 Å². The van der Waals surface area contributed by atoms with Gasteiger partial charge < -0.3 is 9.47 Å². The van der Waals surface area contributed by atoms with Crippen LogP contribution in [0, 0.1) is 20.2 Å². The molecule has 0 radical (unpaired) electrons. The summed E-state index contributed by atoms with van der Waals surface area (Å²) >= 11 is 0. The number of anilines is 1. The number of rotatable bonds is 8. The maximum Gasteiger partial charge on any atom is 0.411 e. The van der Waals surface area contributed by atoms with Gasteiger partial charge in [0.15, 0.2) is 0 Å². The molecule has 33 heavy (non-hydrogen) atoms. The van der Waals surface area contributed by atoms with Gasteiger partial charge in [0, 0.05) is 17.8 Å². The molecule has 0 unspecified atom stereocenters. The zero-order valence-electron chi connectivity index (χ0n) is 17.0. The van der Waals surface area contributed by atoms with Gasteiger partial charge in [0.25, 0.3) is 11.4 Å². The zero-order valence-corrected chi connectivity index (χ0v) is 17.0. The minimum absolute atomic E-state index is 0.102. The summed E-state index contributed by atoms with van der Waals surface area (Å²) < 4.78 is 10.2. The van der Waals surface area contributed by atoms with Crippen LogP contribution in [0.3, 0.4) is 0 Å². The molecule has 0 bridgehead atoms. The normalized spacial score (nSPS) is 10.2. The number of nitro benzene ring substituents is 2. The smallest absolute Gasteiger partial charge is 0.411 e. The highest BCUT2D eigenvalue weighted by atomic mass is 16.6. The average molecular weight is 451 g/mol. The van der Waals surface area contributed by atoms with Crippen molar-refractivity contribution in [2.45, 2.75) is 13.2 Å². The van der Waals surface area contributed by atoms with E-state index in [1.807, 2.05) is 0 Å². The van der Waals surface area contributed by atoms with Crippen LogP contribution in [-0.4, -0.2) is 21.9 Å². The van der Waals surface area contributed by atoms with Crippen LogP contribution in [0.2, 0.25) is 0 Å². The van der Waals surface area contributed by atoms with Gasteiger partial charge in [-0.3, -0.25) is 25.5 Å². The number of ether oxygens (including phenoxy) is 2. The van der Waals surface area contributed by atoms with Gasteiger partial charge in [-0.2, -0.15) is 0 Å². The third-order valence-corrected chi connectivity index (χ3v) is 4.44. The molecule has 0 saturated heterocycles. The number of para-hydroxylation sites is 2. The van der Waals surface area contributed by atoms with Crippen LogP contribution >= 0.6 is 0 Å². The zero-order chi connectivity index (χ0) is 23.8. The fourth-order valence-corrected chi connectivity index (χ4v) is 2.87. The second kappa shape index (κ2) is 10.5. The van der Waals surface area contributed by atoms with Crippen molar-refractivity contribution in [2.24, 2.45) is 0 Å². The number of carbonyl (C=O) groups excluding carboxylic acids is 2. The first-order chi connectivity index (χ1) is 15.8. The average Bonchev–Trinajstić information content (AvgIpc) is 2.81. The lowest BCUT2D eigenvalue weighted by Gasteiger charge is -2.09. The Balaban J connectivity index is 1.59. The topological polar surface area (TPSA) is 151 Å². The molecular weight excluding hydrogens is 434 g/mol. The monoisotopic (exact) mass is 451 g/mol. The SMILES string of the molecule is O=C(Nc1cccc(C(=O)OCc2ccccc2[N+](=O)[O-])c1)OCc1ccccc1[N+](=O)[O-]. The second-order valence-electron chi connectivity index (χ2n) is 6.63. The Kier molecular flexibility index (Phi) is 7.27. The summed E-state index contributed by atoms with van der Waals surface area (Å²) in [4.78, 5) is 45.4. The van der Waals surface area contributed by atoms with Crippen molar-refractivity contribution in [1.29, 1.82) is 0 Å². The molecule has 0 aromatic heterocycles. The summed E-state index contributed by atoms with van der Waals surface area (Å²) in [5, 5.41) is 24.5. The predicted molar refractivity (Wildman–Crippen MR) is 116 cm³/mol. The van der Waals surface area contributed by atoms with E-state index in [0.717, 1.165) is 0 Å². The molecule has 0 fully saturated rings. The Morgan fingerprint density at radius 3 is 1.88 bits per heavy atom. The minimum Gasteiger partial charge on any atom is -0.457 e. The molecule has 3 rings (SSSR count). The third-order valence-electron chi connectivity index (χ3n) is 4.44. The summed E-state index contributed by atoms with van der Waals surface area (Å²) in [5.41, 5.74) is 0.456. The molecule has 0 spiro atoms. The lowest BCUT2D eigenvalue weighted by molar-refractivity contribution is -0.386. The minimum atomic E-state index is -0.876. The van der Waals surface area contributed by atoms with Crippen LogP contribution in [0.15, 0.2) is 72.8 Å². The lowest BCUT2D eigenvalue weighted by Crippen LogP contribution is -2.14. The van der Waals surface area contributed by atoms with Crippen molar-refractivity contribution >= 4 is 29.1 Å². The van der Waals surface area contributed by atoms with Crippen LogP contribution in [0.25, 0.3) is 0 Å². The van der Waals surface area contributed by atoms with E-state index < -0.39 is 21.9 Å². The summed E-state index contributed by atoms with van der Waals surface area (Å²) in [6, 6.07) is 17.5. The standard InChI is InChI=1S/C22H17N3O8/c26-21(32-13-16-6-1-3-10-19(16)24(28)29)15-8-5-9-18(12-15)23-22(27)33-14-17-7-2-4-11-20(17)25(30)31/h1-12H,13-14H2,(H,23,27). The van der Waals surface area contributed by atoms with Gasteiger partial charge in [0.1, 0.15) is 13.2 Å². The summed E-state index contributed by atoms with van der Waals surface area (Å²) in [6.07, 6.45) is -0.876. The van der Waals surface area contributed by atoms with E-state index in [4.69, 9.17) is 9.47 Å². The molecule has 0 saturated carbocycles. The Hall–Kier alpha value is -4.80. The highest BCUT2D eigenvalue weighted by molar-refractivity contribution is 5.92. The van der Waals surface area contributed by atoms with Crippen molar-refractivity contribution < 1.29 is 28.9 Å². The third kappa shape index (κ3) is 6.10. The first-order valence-corrected chi connectivity index (χ1v) is 9.50. The van der Waals surface area contributed by atoms with Crippen molar-refractivity contribution in [3.63, 3.8) is 0 Å². The van der Waals surface area contributed by atoms with Crippen molar-refractivity contribution in [3.8, 4) is 0 Å². The number of nitro groups is 2. The molecule has 1 amide bonds. The summed E-state index contributed by atoms with van der Waals surface area (Å²) in [7, 11) is 0. The van der Waals surface area contributed by atoms with Crippen molar-refractivity contribution in [3.05, 3.63) is 110 Å². The number of nitrogens with one attached hydrogen (secondary N) is 1. The quantitative estimate of drug-likeness (QED) is 0.296. The number of carbonyl (C=O) groups is 2. The molecule has 0 atom stereocenters. The van der Waals surface area contributed by atoms with Gasteiger partial charge in [-0.25, -0.2) is 9.59 Å². The predicted octanol–water partition coefficient (Wildman–Crippen LogP) is 4.61. The molecule has 168 valence electrons. The van der Waals surface area contributed by atoms with E-state index in [-0.39, 0.29) is 47.0 Å². The largest absolute Gasteiger partial charge is 0.457 e. The van der Waals surface area contributed by atoms with Crippen LogP contribution in [0.1, 0.15) is 21.5 Å².